The fourth-order valence-electron chi connectivity index (χ4n) is 8.97. The van der Waals surface area contributed by atoms with E-state index in [9.17, 15) is 0 Å². The summed E-state index contributed by atoms with van der Waals surface area (Å²) in [6, 6.07) is 77.4. The van der Waals surface area contributed by atoms with Crippen LogP contribution >= 0.6 is 0 Å². The zero-order valence-electron chi connectivity index (χ0n) is 31.6. The lowest BCUT2D eigenvalue weighted by Gasteiger charge is -2.41. The number of rotatable bonds is 6. The molecule has 0 atom stereocenters. The van der Waals surface area contributed by atoms with Crippen LogP contribution in [-0.2, 0) is 5.41 Å². The van der Waals surface area contributed by atoms with Crippen LogP contribution in [0.3, 0.4) is 0 Å². The number of hydrogen-bond donors (Lipinski definition) is 0. The molecule has 0 saturated heterocycles. The Morgan fingerprint density at radius 3 is 1.72 bits per heavy atom. The summed E-state index contributed by atoms with van der Waals surface area (Å²) < 4.78 is 6.59. The molecule has 272 valence electrons. The van der Waals surface area contributed by atoms with Crippen LogP contribution < -0.4 is 4.74 Å². The van der Waals surface area contributed by atoms with Gasteiger partial charge in [-0.15, -0.1) is 0 Å². The zero-order valence-corrected chi connectivity index (χ0v) is 31.6. The standard InChI is InChI=1S/C55H36N2O/c1-3-17-38(18-4-1)54-56-50(41-32-33-46-40(34-41)31-30-37-16-7-8-23-44(37)46)36-51(57-54)47-25-10-9-24-45(47)39-19-15-22-43(35-39)55(42-20-5-2-6-21-42)48-26-11-13-28-52(48)58-53-29-14-12-27-49(53)55/h1-36H. The summed E-state index contributed by atoms with van der Waals surface area (Å²) in [4.78, 5) is 10.5. The topological polar surface area (TPSA) is 35.0 Å². The van der Waals surface area contributed by atoms with Crippen molar-refractivity contribution in [2.75, 3.05) is 0 Å². The van der Waals surface area contributed by atoms with Crippen LogP contribution in [0.2, 0.25) is 0 Å². The summed E-state index contributed by atoms with van der Waals surface area (Å²) in [5.74, 6) is 2.41. The minimum absolute atomic E-state index is 0.623. The van der Waals surface area contributed by atoms with Gasteiger partial charge in [-0.05, 0) is 74.1 Å². The van der Waals surface area contributed by atoms with Crippen molar-refractivity contribution in [3.05, 3.63) is 241 Å². The lowest BCUT2D eigenvalue weighted by atomic mass is 9.63. The molecule has 58 heavy (non-hydrogen) atoms. The van der Waals surface area contributed by atoms with Crippen molar-refractivity contribution in [1.29, 1.82) is 0 Å². The summed E-state index contributed by atoms with van der Waals surface area (Å²) in [5.41, 5.74) is 10.9. The largest absolute Gasteiger partial charge is 0.457 e. The van der Waals surface area contributed by atoms with Crippen molar-refractivity contribution in [2.24, 2.45) is 0 Å². The van der Waals surface area contributed by atoms with E-state index in [1.165, 1.54) is 27.1 Å². The summed E-state index contributed by atoms with van der Waals surface area (Å²) in [6.07, 6.45) is 0. The van der Waals surface area contributed by atoms with E-state index in [1.54, 1.807) is 0 Å². The highest BCUT2D eigenvalue weighted by molar-refractivity contribution is 6.08. The Kier molecular flexibility index (Phi) is 8.04. The van der Waals surface area contributed by atoms with Gasteiger partial charge in [-0.3, -0.25) is 0 Å². The van der Waals surface area contributed by atoms with E-state index in [-0.39, 0.29) is 0 Å². The summed E-state index contributed by atoms with van der Waals surface area (Å²) in [6.45, 7) is 0. The predicted molar refractivity (Wildman–Crippen MR) is 237 cm³/mol. The third kappa shape index (κ3) is 5.51. The monoisotopic (exact) mass is 740 g/mol. The molecule has 0 N–H and O–H groups in total. The van der Waals surface area contributed by atoms with Gasteiger partial charge in [0.05, 0.1) is 16.8 Å². The fourth-order valence-corrected chi connectivity index (χ4v) is 8.97. The van der Waals surface area contributed by atoms with Crippen molar-refractivity contribution in [2.45, 2.75) is 5.41 Å². The molecule has 0 amide bonds. The molecule has 0 aliphatic carbocycles. The van der Waals surface area contributed by atoms with Gasteiger partial charge in [-0.1, -0.05) is 188 Å². The first-order valence-electron chi connectivity index (χ1n) is 19.7. The van der Waals surface area contributed by atoms with Gasteiger partial charge in [-0.25, -0.2) is 9.97 Å². The van der Waals surface area contributed by atoms with Crippen LogP contribution in [0.4, 0.5) is 0 Å². The van der Waals surface area contributed by atoms with Gasteiger partial charge in [0, 0.05) is 27.8 Å². The molecule has 1 aliphatic heterocycles. The molecule has 11 rings (SSSR count). The number of para-hydroxylation sites is 2. The minimum Gasteiger partial charge on any atom is -0.457 e. The Labute approximate surface area is 337 Å². The molecule has 1 aromatic heterocycles. The minimum atomic E-state index is -0.623. The van der Waals surface area contributed by atoms with Crippen LogP contribution in [0.25, 0.3) is 66.6 Å². The molecule has 0 radical (unpaired) electrons. The Bertz CT molecular complexity index is 3110. The van der Waals surface area contributed by atoms with Gasteiger partial charge in [0.1, 0.15) is 11.5 Å². The van der Waals surface area contributed by atoms with Gasteiger partial charge in [0.2, 0.25) is 0 Å². The molecule has 10 aromatic rings. The Hall–Kier alpha value is -7.62. The van der Waals surface area contributed by atoms with Crippen molar-refractivity contribution in [3.8, 4) is 56.5 Å². The smallest absolute Gasteiger partial charge is 0.160 e. The SMILES string of the molecule is c1ccc(-c2nc(-c3ccc4c(ccc5ccccc54)c3)cc(-c3ccccc3-c3cccc(C4(c5ccccc5)c5ccccc5Oc5ccccc54)c3)n2)cc1. The molecule has 1 aliphatic rings. The molecule has 0 unspecified atom stereocenters. The first kappa shape index (κ1) is 33.7. The normalized spacial score (nSPS) is 12.8. The number of hydrogen-bond acceptors (Lipinski definition) is 3. The fraction of sp³-hybridized carbons (Fsp3) is 0.0182. The second-order valence-electron chi connectivity index (χ2n) is 14.9. The lowest BCUT2D eigenvalue weighted by molar-refractivity contribution is 0.434. The number of nitrogens with zero attached hydrogens (tertiary/aromatic N) is 2. The zero-order chi connectivity index (χ0) is 38.5. The molecule has 0 saturated carbocycles. The highest BCUT2D eigenvalue weighted by atomic mass is 16.5. The van der Waals surface area contributed by atoms with E-state index in [0.717, 1.165) is 67.4 Å². The lowest BCUT2D eigenvalue weighted by Crippen LogP contribution is -2.34. The predicted octanol–water partition coefficient (Wildman–Crippen LogP) is 13.9. The number of benzene rings is 9. The van der Waals surface area contributed by atoms with E-state index >= 15 is 0 Å². The highest BCUT2D eigenvalue weighted by Crippen LogP contribution is 2.55. The Balaban J connectivity index is 1.11. The molecule has 3 nitrogen and oxygen atoms in total. The van der Waals surface area contributed by atoms with E-state index in [0.29, 0.717) is 5.82 Å². The maximum Gasteiger partial charge on any atom is 0.160 e. The van der Waals surface area contributed by atoms with Crippen molar-refractivity contribution < 1.29 is 4.74 Å². The molecule has 2 heterocycles. The first-order valence-corrected chi connectivity index (χ1v) is 19.7. The molecule has 0 spiro atoms. The average Bonchev–Trinajstić information content (AvgIpc) is 3.31. The third-order valence-corrected chi connectivity index (χ3v) is 11.6. The van der Waals surface area contributed by atoms with Gasteiger partial charge in [0.25, 0.3) is 0 Å². The third-order valence-electron chi connectivity index (χ3n) is 11.6. The van der Waals surface area contributed by atoms with Crippen molar-refractivity contribution in [1.82, 2.24) is 9.97 Å². The van der Waals surface area contributed by atoms with Crippen LogP contribution in [-0.4, -0.2) is 9.97 Å². The van der Waals surface area contributed by atoms with Crippen molar-refractivity contribution in [3.63, 3.8) is 0 Å². The summed E-state index contributed by atoms with van der Waals surface area (Å²) in [5, 5.41) is 4.89. The van der Waals surface area contributed by atoms with Crippen LogP contribution in [0.5, 0.6) is 11.5 Å². The van der Waals surface area contributed by atoms with E-state index < -0.39 is 5.41 Å². The van der Waals surface area contributed by atoms with Gasteiger partial charge in [0.15, 0.2) is 5.82 Å². The molecule has 9 aromatic carbocycles. The quantitative estimate of drug-likeness (QED) is 0.159. The molecular weight excluding hydrogens is 705 g/mol. The van der Waals surface area contributed by atoms with Gasteiger partial charge < -0.3 is 4.74 Å². The van der Waals surface area contributed by atoms with E-state index in [4.69, 9.17) is 14.7 Å². The number of ether oxygens (including phenoxy) is 1. The van der Waals surface area contributed by atoms with Crippen LogP contribution in [0.1, 0.15) is 22.3 Å². The van der Waals surface area contributed by atoms with E-state index in [2.05, 4.69) is 200 Å². The van der Waals surface area contributed by atoms with Crippen LogP contribution in [0.15, 0.2) is 218 Å². The van der Waals surface area contributed by atoms with Gasteiger partial charge >= 0.3 is 0 Å². The molecular formula is C55H36N2O. The van der Waals surface area contributed by atoms with Crippen LogP contribution in [0, 0.1) is 0 Å². The average molecular weight is 741 g/mol. The first-order chi connectivity index (χ1) is 28.7. The highest BCUT2D eigenvalue weighted by Gasteiger charge is 2.45. The van der Waals surface area contributed by atoms with Crippen molar-refractivity contribution >= 4 is 21.5 Å². The van der Waals surface area contributed by atoms with E-state index in [1.807, 2.05) is 18.2 Å². The van der Waals surface area contributed by atoms with Gasteiger partial charge in [-0.2, -0.15) is 0 Å². The Morgan fingerprint density at radius 2 is 0.931 bits per heavy atom. The summed E-state index contributed by atoms with van der Waals surface area (Å²) >= 11 is 0. The number of aromatic nitrogens is 2. The molecule has 0 bridgehead atoms. The Morgan fingerprint density at radius 1 is 0.345 bits per heavy atom. The second kappa shape index (κ2) is 13.8. The maximum atomic E-state index is 6.59. The molecule has 3 heteroatoms. The molecule has 0 fully saturated rings. The summed E-state index contributed by atoms with van der Waals surface area (Å²) in [7, 11) is 0. The number of fused-ring (bicyclic) bond motifs is 5. The second-order valence-corrected chi connectivity index (χ2v) is 14.9. The maximum absolute atomic E-state index is 6.59.